The standard InChI is InChI=1S/C16H22N2O/c1-12(10-17)18-11-16(2,3)14-6-7-15-13(9-14)5-4-8-19-15/h6-7,9,12,18H,4-5,8,11H2,1-3H3. The van der Waals surface area contributed by atoms with E-state index in [4.69, 9.17) is 10.00 Å². The molecule has 1 aromatic carbocycles. The third-order valence-corrected chi connectivity index (χ3v) is 3.73. The summed E-state index contributed by atoms with van der Waals surface area (Å²) >= 11 is 0. The molecular formula is C16H22N2O. The molecule has 0 fully saturated rings. The first-order valence-electron chi connectivity index (χ1n) is 6.92. The summed E-state index contributed by atoms with van der Waals surface area (Å²) in [6.07, 6.45) is 2.20. The maximum atomic E-state index is 8.83. The molecule has 3 nitrogen and oxygen atoms in total. The number of ether oxygens (including phenoxy) is 1. The molecule has 1 aliphatic heterocycles. The summed E-state index contributed by atoms with van der Waals surface area (Å²) in [6.45, 7) is 7.92. The number of nitrogens with one attached hydrogen (secondary N) is 1. The molecule has 0 spiro atoms. The molecule has 1 aromatic rings. The lowest BCUT2D eigenvalue weighted by Crippen LogP contribution is -2.37. The molecule has 0 bridgehead atoms. The molecule has 1 aliphatic rings. The maximum absolute atomic E-state index is 8.83. The zero-order valence-electron chi connectivity index (χ0n) is 12.0. The van der Waals surface area contributed by atoms with Gasteiger partial charge in [-0.05, 0) is 37.0 Å². The highest BCUT2D eigenvalue weighted by atomic mass is 16.5. The van der Waals surface area contributed by atoms with Gasteiger partial charge >= 0.3 is 0 Å². The van der Waals surface area contributed by atoms with Gasteiger partial charge < -0.3 is 10.1 Å². The second-order valence-corrected chi connectivity index (χ2v) is 5.89. The first kappa shape index (κ1) is 13.9. The van der Waals surface area contributed by atoms with Crippen LogP contribution in [0.5, 0.6) is 5.75 Å². The third kappa shape index (κ3) is 3.27. The molecule has 0 saturated heterocycles. The maximum Gasteiger partial charge on any atom is 0.122 e. The zero-order valence-corrected chi connectivity index (χ0v) is 12.0. The van der Waals surface area contributed by atoms with Crippen molar-refractivity contribution in [3.63, 3.8) is 0 Å². The van der Waals surface area contributed by atoms with Crippen LogP contribution >= 0.6 is 0 Å². The SMILES string of the molecule is CC(C#N)NCC(C)(C)c1ccc2c(c1)CCCO2. The van der Waals surface area contributed by atoms with Gasteiger partial charge in [0.25, 0.3) is 0 Å². The van der Waals surface area contributed by atoms with E-state index in [0.717, 1.165) is 31.7 Å². The van der Waals surface area contributed by atoms with E-state index >= 15 is 0 Å². The van der Waals surface area contributed by atoms with E-state index in [9.17, 15) is 0 Å². The number of hydrogen-bond acceptors (Lipinski definition) is 3. The van der Waals surface area contributed by atoms with Gasteiger partial charge in [0.2, 0.25) is 0 Å². The Kier molecular flexibility index (Phi) is 4.11. The highest BCUT2D eigenvalue weighted by Crippen LogP contribution is 2.30. The van der Waals surface area contributed by atoms with Crippen molar-refractivity contribution < 1.29 is 4.74 Å². The van der Waals surface area contributed by atoms with E-state index in [1.807, 2.05) is 6.92 Å². The van der Waals surface area contributed by atoms with E-state index in [2.05, 4.69) is 43.4 Å². The van der Waals surface area contributed by atoms with Crippen LogP contribution in [-0.4, -0.2) is 19.2 Å². The van der Waals surface area contributed by atoms with Crippen LogP contribution in [0.1, 0.15) is 38.3 Å². The van der Waals surface area contributed by atoms with Gasteiger partial charge in [0.1, 0.15) is 5.75 Å². The fraction of sp³-hybridized carbons (Fsp3) is 0.562. The molecule has 0 aromatic heterocycles. The van der Waals surface area contributed by atoms with Crippen molar-refractivity contribution in [1.82, 2.24) is 5.32 Å². The lowest BCUT2D eigenvalue weighted by Gasteiger charge is -2.28. The highest BCUT2D eigenvalue weighted by Gasteiger charge is 2.23. The molecule has 0 radical (unpaired) electrons. The minimum Gasteiger partial charge on any atom is -0.493 e. The first-order chi connectivity index (χ1) is 9.03. The Balaban J connectivity index is 2.14. The summed E-state index contributed by atoms with van der Waals surface area (Å²) in [7, 11) is 0. The van der Waals surface area contributed by atoms with Crippen molar-refractivity contribution in [3.8, 4) is 11.8 Å². The Morgan fingerprint density at radius 1 is 1.47 bits per heavy atom. The van der Waals surface area contributed by atoms with Crippen LogP contribution in [0, 0.1) is 11.3 Å². The average molecular weight is 258 g/mol. The molecule has 3 heteroatoms. The van der Waals surface area contributed by atoms with Crippen molar-refractivity contribution in [1.29, 1.82) is 5.26 Å². The largest absolute Gasteiger partial charge is 0.493 e. The normalized spacial score (nSPS) is 16.1. The molecule has 1 heterocycles. The van der Waals surface area contributed by atoms with Gasteiger partial charge in [0.15, 0.2) is 0 Å². The molecule has 0 amide bonds. The van der Waals surface area contributed by atoms with E-state index < -0.39 is 0 Å². The Hall–Kier alpha value is -1.53. The van der Waals surface area contributed by atoms with Gasteiger partial charge in [0, 0.05) is 12.0 Å². The number of hydrogen-bond donors (Lipinski definition) is 1. The van der Waals surface area contributed by atoms with Crippen LogP contribution in [0.2, 0.25) is 0 Å². The molecule has 1 N–H and O–H groups in total. The fourth-order valence-corrected chi connectivity index (χ4v) is 2.34. The topological polar surface area (TPSA) is 45.0 Å². The fourth-order valence-electron chi connectivity index (χ4n) is 2.34. The molecule has 1 atom stereocenters. The summed E-state index contributed by atoms with van der Waals surface area (Å²) in [4.78, 5) is 0. The van der Waals surface area contributed by atoms with Gasteiger partial charge in [-0.15, -0.1) is 0 Å². The summed E-state index contributed by atoms with van der Waals surface area (Å²) in [6, 6.07) is 8.58. The summed E-state index contributed by atoms with van der Waals surface area (Å²) in [5.41, 5.74) is 2.62. The van der Waals surface area contributed by atoms with Gasteiger partial charge in [-0.2, -0.15) is 5.26 Å². The summed E-state index contributed by atoms with van der Waals surface area (Å²) in [5.74, 6) is 1.03. The number of rotatable bonds is 4. The second-order valence-electron chi connectivity index (χ2n) is 5.89. The van der Waals surface area contributed by atoms with Gasteiger partial charge in [0.05, 0.1) is 18.7 Å². The molecule has 19 heavy (non-hydrogen) atoms. The first-order valence-corrected chi connectivity index (χ1v) is 6.92. The Morgan fingerprint density at radius 2 is 2.26 bits per heavy atom. The number of aryl methyl sites for hydroxylation is 1. The third-order valence-electron chi connectivity index (χ3n) is 3.73. The number of nitriles is 1. The van der Waals surface area contributed by atoms with E-state index in [0.29, 0.717) is 0 Å². The second kappa shape index (κ2) is 5.63. The minimum absolute atomic E-state index is 0.0115. The van der Waals surface area contributed by atoms with Crippen molar-refractivity contribution in [2.24, 2.45) is 0 Å². The average Bonchev–Trinajstić information content (AvgIpc) is 2.44. The van der Waals surface area contributed by atoms with Crippen LogP contribution in [-0.2, 0) is 11.8 Å². The van der Waals surface area contributed by atoms with Crippen molar-refractivity contribution in [2.45, 2.75) is 45.1 Å². The quantitative estimate of drug-likeness (QED) is 0.903. The smallest absolute Gasteiger partial charge is 0.122 e. The number of fused-ring (bicyclic) bond motifs is 1. The van der Waals surface area contributed by atoms with Gasteiger partial charge in [-0.25, -0.2) is 0 Å². The van der Waals surface area contributed by atoms with Gasteiger partial charge in [-0.1, -0.05) is 26.0 Å². The Labute approximate surface area is 115 Å². The number of benzene rings is 1. The summed E-state index contributed by atoms with van der Waals surface area (Å²) < 4.78 is 5.65. The summed E-state index contributed by atoms with van der Waals surface area (Å²) in [5, 5.41) is 12.1. The predicted molar refractivity (Wildman–Crippen MR) is 76.4 cm³/mol. The van der Waals surface area contributed by atoms with Gasteiger partial charge in [-0.3, -0.25) is 0 Å². The molecule has 102 valence electrons. The van der Waals surface area contributed by atoms with Crippen LogP contribution in [0.3, 0.4) is 0 Å². The van der Waals surface area contributed by atoms with E-state index in [-0.39, 0.29) is 11.5 Å². The zero-order chi connectivity index (χ0) is 13.9. The molecule has 0 saturated carbocycles. The predicted octanol–water partition coefficient (Wildman–Crippen LogP) is 2.79. The lowest BCUT2D eigenvalue weighted by molar-refractivity contribution is 0.288. The van der Waals surface area contributed by atoms with Crippen LogP contribution in [0.15, 0.2) is 18.2 Å². The Morgan fingerprint density at radius 3 is 3.00 bits per heavy atom. The van der Waals surface area contributed by atoms with Crippen molar-refractivity contribution >= 4 is 0 Å². The highest BCUT2D eigenvalue weighted by molar-refractivity contribution is 5.41. The number of nitrogens with zero attached hydrogens (tertiary/aromatic N) is 1. The van der Waals surface area contributed by atoms with Crippen LogP contribution in [0.25, 0.3) is 0 Å². The Bertz CT molecular complexity index is 488. The van der Waals surface area contributed by atoms with Crippen molar-refractivity contribution in [3.05, 3.63) is 29.3 Å². The molecule has 0 aliphatic carbocycles. The molecule has 2 rings (SSSR count). The molecular weight excluding hydrogens is 236 g/mol. The van der Waals surface area contributed by atoms with Crippen molar-refractivity contribution in [2.75, 3.05) is 13.2 Å². The minimum atomic E-state index is -0.111. The van der Waals surface area contributed by atoms with E-state index in [1.54, 1.807) is 0 Å². The monoisotopic (exact) mass is 258 g/mol. The van der Waals surface area contributed by atoms with Crippen LogP contribution in [0.4, 0.5) is 0 Å². The molecule has 1 unspecified atom stereocenters. The van der Waals surface area contributed by atoms with Crippen LogP contribution < -0.4 is 10.1 Å². The van der Waals surface area contributed by atoms with E-state index in [1.165, 1.54) is 11.1 Å². The lowest BCUT2D eigenvalue weighted by atomic mass is 9.83.